The smallest absolute Gasteiger partial charge is 0.378 e. The summed E-state index contributed by atoms with van der Waals surface area (Å²) >= 11 is 0. The van der Waals surface area contributed by atoms with Gasteiger partial charge in [0.05, 0.1) is 18.9 Å². The summed E-state index contributed by atoms with van der Waals surface area (Å²) in [5, 5.41) is 6.13. The zero-order chi connectivity index (χ0) is 25.2. The number of hydrogen-bond acceptors (Lipinski definition) is 5. The molecule has 7 nitrogen and oxygen atoms in total. The van der Waals surface area contributed by atoms with Crippen molar-refractivity contribution in [3.63, 3.8) is 0 Å². The first-order chi connectivity index (χ1) is 17.5. The van der Waals surface area contributed by atoms with Crippen molar-refractivity contribution in [3.05, 3.63) is 82.9 Å². The molecule has 4 aromatic rings. The third-order valence-corrected chi connectivity index (χ3v) is 6.78. The van der Waals surface area contributed by atoms with Gasteiger partial charge in [0.15, 0.2) is 5.78 Å². The van der Waals surface area contributed by atoms with Crippen LogP contribution in [0, 0.1) is 6.92 Å². The quantitative estimate of drug-likeness (QED) is 0.162. The lowest BCUT2D eigenvalue weighted by molar-refractivity contribution is 0.0279. The lowest BCUT2D eigenvalue weighted by Crippen LogP contribution is -2.40. The molecule has 0 bridgehead atoms. The molecule has 1 fully saturated rings. The molecule has 5 rings (SSSR count). The van der Waals surface area contributed by atoms with Crippen LogP contribution in [-0.4, -0.2) is 53.4 Å². The number of carbonyl (C=O) groups is 2. The van der Waals surface area contributed by atoms with E-state index in [1.165, 1.54) is 0 Å². The summed E-state index contributed by atoms with van der Waals surface area (Å²) < 4.78 is 7.52. The van der Waals surface area contributed by atoms with Crippen LogP contribution in [0.5, 0.6) is 0 Å². The van der Waals surface area contributed by atoms with Gasteiger partial charge in [0, 0.05) is 52.6 Å². The van der Waals surface area contributed by atoms with E-state index in [1.807, 2.05) is 68.4 Å². The fourth-order valence-corrected chi connectivity index (χ4v) is 4.76. The highest BCUT2D eigenvalue weighted by Gasteiger charge is 2.19. The highest BCUT2D eigenvalue weighted by molar-refractivity contribution is 6.16. The maximum atomic E-state index is 13.3. The number of hydrogen-bond donors (Lipinski definition) is 0. The van der Waals surface area contributed by atoms with Crippen molar-refractivity contribution in [2.45, 2.75) is 27.3 Å². The molecule has 1 saturated heterocycles. The fraction of sp³-hybridized carbons (Fsp3) is 0.276. The Morgan fingerprint density at radius 1 is 0.944 bits per heavy atom. The second-order valence-corrected chi connectivity index (χ2v) is 8.99. The van der Waals surface area contributed by atoms with Gasteiger partial charge in [-0.1, -0.05) is 35.5 Å². The molecule has 184 valence electrons. The molecule has 3 aromatic carbocycles. The van der Waals surface area contributed by atoms with Gasteiger partial charge in [-0.15, -0.1) is 0 Å². The minimum absolute atomic E-state index is 0.0105. The number of aromatic nitrogens is 1. The molecule has 1 aromatic heterocycles. The van der Waals surface area contributed by atoms with Crippen molar-refractivity contribution in [3.8, 4) is 0 Å². The van der Waals surface area contributed by atoms with Crippen LogP contribution in [-0.2, 0) is 16.1 Å². The molecule has 2 heterocycles. The van der Waals surface area contributed by atoms with Crippen LogP contribution in [0.15, 0.2) is 65.8 Å². The number of oxime groups is 1. The Hall–Kier alpha value is -3.97. The molecular formula is C29H29N3O4. The number of nitrogens with zero attached hydrogens (tertiary/aromatic N) is 3. The van der Waals surface area contributed by atoms with Crippen molar-refractivity contribution in [1.29, 1.82) is 0 Å². The third kappa shape index (κ3) is 4.38. The van der Waals surface area contributed by atoms with Gasteiger partial charge in [0.1, 0.15) is 0 Å². The summed E-state index contributed by atoms with van der Waals surface area (Å²) in [4.78, 5) is 32.4. The summed E-state index contributed by atoms with van der Waals surface area (Å²) in [6.45, 7) is 8.69. The van der Waals surface area contributed by atoms with E-state index in [9.17, 15) is 9.59 Å². The topological polar surface area (TPSA) is 73.1 Å². The number of ether oxygens (including phenoxy) is 1. The van der Waals surface area contributed by atoms with E-state index in [2.05, 4.69) is 22.7 Å². The van der Waals surface area contributed by atoms with Crippen molar-refractivity contribution < 1.29 is 19.2 Å². The van der Waals surface area contributed by atoms with Gasteiger partial charge in [-0.05, 0) is 62.2 Å². The molecule has 1 aliphatic heterocycles. The zero-order valence-corrected chi connectivity index (χ0v) is 20.8. The van der Waals surface area contributed by atoms with Gasteiger partial charge in [0.2, 0.25) is 0 Å². The Labute approximate surface area is 209 Å². The first-order valence-electron chi connectivity index (χ1n) is 12.2. The second kappa shape index (κ2) is 9.95. The lowest BCUT2D eigenvalue weighted by atomic mass is 9.97. The Bertz CT molecular complexity index is 1500. The van der Waals surface area contributed by atoms with Crippen LogP contribution < -0.4 is 0 Å². The van der Waals surface area contributed by atoms with Gasteiger partial charge >= 0.3 is 6.09 Å². The van der Waals surface area contributed by atoms with Crippen molar-refractivity contribution >= 4 is 39.4 Å². The molecule has 0 spiro atoms. The highest BCUT2D eigenvalue weighted by atomic mass is 16.7. The lowest BCUT2D eigenvalue weighted by Gasteiger charge is -2.24. The molecule has 7 heteroatoms. The third-order valence-electron chi connectivity index (χ3n) is 6.78. The number of aryl methyl sites for hydroxylation is 2. The SMILES string of the molecule is CCn1c2ccc(C(=O)c3ccccc3C)cc2c2cc(/C(C)=N/OC(=O)N3CCOCC3)ccc21. The van der Waals surface area contributed by atoms with Crippen LogP contribution >= 0.6 is 0 Å². The van der Waals surface area contributed by atoms with E-state index < -0.39 is 6.09 Å². The van der Waals surface area contributed by atoms with Gasteiger partial charge in [-0.2, -0.15) is 0 Å². The van der Waals surface area contributed by atoms with E-state index in [0.29, 0.717) is 43.1 Å². The van der Waals surface area contributed by atoms with Crippen LogP contribution in [0.2, 0.25) is 0 Å². The molecule has 1 amide bonds. The maximum absolute atomic E-state index is 13.3. The van der Waals surface area contributed by atoms with E-state index >= 15 is 0 Å². The van der Waals surface area contributed by atoms with Crippen molar-refractivity contribution in [2.24, 2.45) is 5.16 Å². The second-order valence-electron chi connectivity index (χ2n) is 8.99. The molecule has 0 N–H and O–H groups in total. The van der Waals surface area contributed by atoms with Crippen LogP contribution in [0.4, 0.5) is 4.79 Å². The maximum Gasteiger partial charge on any atom is 0.436 e. The molecule has 0 aliphatic carbocycles. The summed E-state index contributed by atoms with van der Waals surface area (Å²) in [6, 6.07) is 19.6. The van der Waals surface area contributed by atoms with Crippen LogP contribution in [0.3, 0.4) is 0 Å². The number of amides is 1. The van der Waals surface area contributed by atoms with E-state index in [1.54, 1.807) is 4.90 Å². The molecule has 0 saturated carbocycles. The van der Waals surface area contributed by atoms with Crippen molar-refractivity contribution in [1.82, 2.24) is 9.47 Å². The molecule has 0 radical (unpaired) electrons. The van der Waals surface area contributed by atoms with E-state index in [4.69, 9.17) is 9.57 Å². The largest absolute Gasteiger partial charge is 0.436 e. The average Bonchev–Trinajstić information content (AvgIpc) is 3.24. The predicted molar refractivity (Wildman–Crippen MR) is 141 cm³/mol. The zero-order valence-electron chi connectivity index (χ0n) is 20.8. The molecule has 36 heavy (non-hydrogen) atoms. The minimum atomic E-state index is -0.472. The summed E-state index contributed by atoms with van der Waals surface area (Å²) in [5.41, 5.74) is 5.92. The Kier molecular flexibility index (Phi) is 6.57. The number of ketones is 1. The molecule has 0 unspecified atom stereocenters. The Balaban J connectivity index is 1.51. The molecule has 0 atom stereocenters. The van der Waals surface area contributed by atoms with Gasteiger partial charge in [0.25, 0.3) is 0 Å². The average molecular weight is 484 g/mol. The molecule has 1 aliphatic rings. The number of benzene rings is 3. The Morgan fingerprint density at radius 3 is 2.25 bits per heavy atom. The standard InChI is InChI=1S/C29H29N3O4/c1-4-32-26-11-9-21(20(3)30-36-29(34)31-13-15-35-16-14-31)17-24(26)25-18-22(10-12-27(25)32)28(33)23-8-6-5-7-19(23)2/h5-12,17-18H,4,13-16H2,1-3H3/b30-20+. The summed E-state index contributed by atoms with van der Waals surface area (Å²) in [6.07, 6.45) is -0.472. The normalized spacial score (nSPS) is 14.4. The monoisotopic (exact) mass is 483 g/mol. The number of carbonyl (C=O) groups excluding carboxylic acids is 2. The van der Waals surface area contributed by atoms with E-state index in [0.717, 1.165) is 39.5 Å². The number of rotatable bonds is 5. The minimum Gasteiger partial charge on any atom is -0.378 e. The van der Waals surface area contributed by atoms with Gasteiger partial charge in [-0.25, -0.2) is 4.79 Å². The van der Waals surface area contributed by atoms with Crippen LogP contribution in [0.25, 0.3) is 21.8 Å². The van der Waals surface area contributed by atoms with Crippen molar-refractivity contribution in [2.75, 3.05) is 26.3 Å². The summed E-state index contributed by atoms with van der Waals surface area (Å²) in [7, 11) is 0. The fourth-order valence-electron chi connectivity index (χ4n) is 4.76. The Morgan fingerprint density at radius 2 is 1.58 bits per heavy atom. The van der Waals surface area contributed by atoms with E-state index in [-0.39, 0.29) is 5.78 Å². The highest BCUT2D eigenvalue weighted by Crippen LogP contribution is 2.31. The van der Waals surface area contributed by atoms with Gasteiger partial charge < -0.3 is 14.2 Å². The predicted octanol–water partition coefficient (Wildman–Crippen LogP) is 5.55. The first kappa shape index (κ1) is 23.8. The number of morpholine rings is 1. The van der Waals surface area contributed by atoms with Crippen LogP contribution in [0.1, 0.15) is 40.9 Å². The first-order valence-corrected chi connectivity index (χ1v) is 12.2. The molecular weight excluding hydrogens is 454 g/mol. The summed E-state index contributed by atoms with van der Waals surface area (Å²) in [5.74, 6) is 0.0105. The van der Waals surface area contributed by atoms with Gasteiger partial charge in [-0.3, -0.25) is 9.63 Å². The number of fused-ring (bicyclic) bond motifs is 3.